The lowest BCUT2D eigenvalue weighted by atomic mass is 10.1. The number of sulfonamides is 1. The van der Waals surface area contributed by atoms with Gasteiger partial charge in [-0.05, 0) is 11.1 Å². The summed E-state index contributed by atoms with van der Waals surface area (Å²) >= 11 is 0. The van der Waals surface area contributed by atoms with Crippen LogP contribution >= 0.6 is 0 Å². The topological polar surface area (TPSA) is 94.1 Å². The highest BCUT2D eigenvalue weighted by atomic mass is 32.2. The Hall–Kier alpha value is -1.77. The molecule has 0 unspecified atom stereocenters. The van der Waals surface area contributed by atoms with E-state index in [1.807, 2.05) is 28.8 Å². The van der Waals surface area contributed by atoms with E-state index in [0.717, 1.165) is 11.1 Å². The summed E-state index contributed by atoms with van der Waals surface area (Å²) in [5, 5.41) is 7.75. The van der Waals surface area contributed by atoms with Gasteiger partial charge in [0.15, 0.2) is 0 Å². The number of nitrogens with two attached hydrogens (primary N) is 1. The number of aromatic nitrogens is 3. The quantitative estimate of drug-likeness (QED) is 0.863. The predicted octanol–water partition coefficient (Wildman–Crippen LogP) is 0.0824. The van der Waals surface area contributed by atoms with Crippen LogP contribution in [-0.4, -0.2) is 34.0 Å². The van der Waals surface area contributed by atoms with Crippen LogP contribution in [0.25, 0.3) is 0 Å². The van der Waals surface area contributed by atoms with Crippen molar-refractivity contribution < 1.29 is 8.42 Å². The Kier molecular flexibility index (Phi) is 3.75. The highest BCUT2D eigenvalue weighted by Gasteiger charge is 2.28. The predicted molar refractivity (Wildman–Crippen MR) is 77.4 cm³/mol. The lowest BCUT2D eigenvalue weighted by Crippen LogP contribution is -2.39. The Labute approximate surface area is 123 Å². The molecule has 7 nitrogen and oxygen atoms in total. The van der Waals surface area contributed by atoms with E-state index in [2.05, 4.69) is 10.2 Å². The molecule has 2 N–H and O–H groups in total. The van der Waals surface area contributed by atoms with Crippen LogP contribution < -0.4 is 5.73 Å². The fourth-order valence-electron chi connectivity index (χ4n) is 2.47. The summed E-state index contributed by atoms with van der Waals surface area (Å²) in [6, 6.07) is 7.36. The minimum atomic E-state index is -3.39. The van der Waals surface area contributed by atoms with E-state index in [-0.39, 0.29) is 12.3 Å². The molecule has 0 aliphatic carbocycles. The smallest absolute Gasteiger partial charge is 0.218 e. The molecule has 0 saturated carbocycles. The fraction of sp³-hybridized carbons (Fsp3) is 0.385. The first-order valence-electron chi connectivity index (χ1n) is 6.71. The number of hydrogen-bond acceptors (Lipinski definition) is 5. The zero-order valence-electron chi connectivity index (χ0n) is 11.5. The van der Waals surface area contributed by atoms with Crippen molar-refractivity contribution in [2.45, 2.75) is 25.4 Å². The van der Waals surface area contributed by atoms with Crippen LogP contribution in [0.4, 0.5) is 0 Å². The Balaban J connectivity index is 1.82. The van der Waals surface area contributed by atoms with Crippen LogP contribution in [0, 0.1) is 0 Å². The van der Waals surface area contributed by atoms with Gasteiger partial charge in [0, 0.05) is 19.6 Å². The van der Waals surface area contributed by atoms with Gasteiger partial charge in [-0.15, -0.1) is 10.2 Å². The molecule has 0 spiro atoms. The first-order chi connectivity index (χ1) is 10.1. The molecule has 21 heavy (non-hydrogen) atoms. The molecule has 1 aromatic carbocycles. The van der Waals surface area contributed by atoms with E-state index in [1.54, 1.807) is 6.33 Å². The molecular weight excluding hydrogens is 290 g/mol. The normalized spacial score (nSPS) is 15.9. The fourth-order valence-corrected chi connectivity index (χ4v) is 4.00. The minimum absolute atomic E-state index is 0.0332. The maximum Gasteiger partial charge on any atom is 0.218 e. The minimum Gasteiger partial charge on any atom is -0.326 e. The second-order valence-corrected chi connectivity index (χ2v) is 6.97. The number of fused-ring (bicyclic) bond motifs is 1. The van der Waals surface area contributed by atoms with Gasteiger partial charge < -0.3 is 10.3 Å². The zero-order valence-corrected chi connectivity index (χ0v) is 12.3. The molecule has 1 aliphatic heterocycles. The average Bonchev–Trinajstić information content (AvgIpc) is 2.95. The first kappa shape index (κ1) is 14.2. The van der Waals surface area contributed by atoms with E-state index in [4.69, 9.17) is 5.73 Å². The molecule has 3 rings (SSSR count). The molecule has 2 aromatic rings. The molecule has 0 saturated heterocycles. The van der Waals surface area contributed by atoms with Gasteiger partial charge in [0.25, 0.3) is 0 Å². The molecular formula is C13H17N5O2S. The van der Waals surface area contributed by atoms with E-state index < -0.39 is 10.0 Å². The monoisotopic (exact) mass is 307 g/mol. The summed E-state index contributed by atoms with van der Waals surface area (Å²) in [7, 11) is -3.39. The lowest BCUT2D eigenvalue weighted by Gasteiger charge is -2.26. The Morgan fingerprint density at radius 1 is 1.19 bits per heavy atom. The van der Waals surface area contributed by atoms with Crippen molar-refractivity contribution in [1.29, 1.82) is 0 Å². The van der Waals surface area contributed by atoms with Crippen molar-refractivity contribution >= 4 is 10.0 Å². The molecule has 0 fully saturated rings. The van der Waals surface area contributed by atoms with E-state index >= 15 is 0 Å². The number of nitrogens with zero attached hydrogens (tertiary/aromatic N) is 4. The van der Waals surface area contributed by atoms with Crippen molar-refractivity contribution in [1.82, 2.24) is 19.1 Å². The molecule has 2 heterocycles. The van der Waals surface area contributed by atoms with E-state index in [0.29, 0.717) is 25.5 Å². The van der Waals surface area contributed by atoms with Crippen LogP contribution in [0.15, 0.2) is 30.6 Å². The SMILES string of the molecule is NCc1ccccc1CS(=O)(=O)N1CCn2cnnc2C1. The van der Waals surface area contributed by atoms with Crippen LogP contribution in [0.5, 0.6) is 0 Å². The summed E-state index contributed by atoms with van der Waals surface area (Å²) in [6.45, 7) is 1.63. The largest absolute Gasteiger partial charge is 0.326 e. The first-order valence-corrected chi connectivity index (χ1v) is 8.32. The molecule has 1 aromatic heterocycles. The molecule has 0 amide bonds. The van der Waals surface area contributed by atoms with Crippen molar-refractivity contribution in [3.8, 4) is 0 Å². The van der Waals surface area contributed by atoms with Gasteiger partial charge >= 0.3 is 0 Å². The van der Waals surface area contributed by atoms with Crippen molar-refractivity contribution in [3.05, 3.63) is 47.5 Å². The summed E-state index contributed by atoms with van der Waals surface area (Å²) in [5.41, 5.74) is 7.29. The van der Waals surface area contributed by atoms with Gasteiger partial charge in [-0.3, -0.25) is 0 Å². The summed E-state index contributed by atoms with van der Waals surface area (Å²) in [6.07, 6.45) is 1.63. The lowest BCUT2D eigenvalue weighted by molar-refractivity contribution is 0.335. The number of rotatable bonds is 4. The maximum atomic E-state index is 12.6. The van der Waals surface area contributed by atoms with Gasteiger partial charge in [-0.1, -0.05) is 24.3 Å². The third-order valence-electron chi connectivity index (χ3n) is 3.67. The highest BCUT2D eigenvalue weighted by molar-refractivity contribution is 7.88. The Morgan fingerprint density at radius 3 is 2.71 bits per heavy atom. The Bertz CT molecular complexity index is 741. The standard InChI is InChI=1S/C13H17N5O2S/c14-7-11-3-1-2-4-12(11)9-21(19,20)18-6-5-17-10-15-16-13(17)8-18/h1-4,10H,5-9,14H2. The van der Waals surface area contributed by atoms with Crippen molar-refractivity contribution in [2.24, 2.45) is 5.73 Å². The van der Waals surface area contributed by atoms with Gasteiger partial charge in [0.1, 0.15) is 12.2 Å². The zero-order chi connectivity index (χ0) is 14.9. The summed E-state index contributed by atoms with van der Waals surface area (Å²) in [4.78, 5) is 0. The summed E-state index contributed by atoms with van der Waals surface area (Å²) < 4.78 is 28.5. The van der Waals surface area contributed by atoms with E-state index in [9.17, 15) is 8.42 Å². The van der Waals surface area contributed by atoms with Crippen LogP contribution in [0.1, 0.15) is 17.0 Å². The second kappa shape index (κ2) is 5.55. The van der Waals surface area contributed by atoms with Gasteiger partial charge in [-0.2, -0.15) is 4.31 Å². The number of benzene rings is 1. The Morgan fingerprint density at radius 2 is 1.95 bits per heavy atom. The molecule has 8 heteroatoms. The van der Waals surface area contributed by atoms with Crippen LogP contribution in [0.3, 0.4) is 0 Å². The van der Waals surface area contributed by atoms with Crippen molar-refractivity contribution in [3.63, 3.8) is 0 Å². The highest BCUT2D eigenvalue weighted by Crippen LogP contribution is 2.19. The van der Waals surface area contributed by atoms with Gasteiger partial charge in [0.2, 0.25) is 10.0 Å². The molecule has 112 valence electrons. The van der Waals surface area contributed by atoms with E-state index in [1.165, 1.54) is 4.31 Å². The van der Waals surface area contributed by atoms with Gasteiger partial charge in [-0.25, -0.2) is 8.42 Å². The third-order valence-corrected chi connectivity index (χ3v) is 5.45. The molecule has 0 radical (unpaired) electrons. The average molecular weight is 307 g/mol. The number of hydrogen-bond donors (Lipinski definition) is 1. The third kappa shape index (κ3) is 2.82. The second-order valence-electron chi connectivity index (χ2n) is 5.00. The van der Waals surface area contributed by atoms with Gasteiger partial charge in [0.05, 0.1) is 12.3 Å². The molecule has 1 aliphatic rings. The summed E-state index contributed by atoms with van der Waals surface area (Å²) in [5.74, 6) is 0.644. The van der Waals surface area contributed by atoms with Crippen molar-refractivity contribution in [2.75, 3.05) is 6.54 Å². The molecule has 0 atom stereocenters. The van der Waals surface area contributed by atoms with Crippen LogP contribution in [0.2, 0.25) is 0 Å². The maximum absolute atomic E-state index is 12.6. The molecule has 0 bridgehead atoms. The van der Waals surface area contributed by atoms with Crippen LogP contribution in [-0.2, 0) is 35.4 Å².